The van der Waals surface area contributed by atoms with E-state index in [1.165, 1.54) is 37.3 Å². The average molecular weight is 644 g/mol. The van der Waals surface area contributed by atoms with Crippen molar-refractivity contribution in [2.75, 3.05) is 31.6 Å². The van der Waals surface area contributed by atoms with E-state index in [4.69, 9.17) is 9.47 Å². The molecule has 0 saturated heterocycles. The van der Waals surface area contributed by atoms with Crippen molar-refractivity contribution in [3.63, 3.8) is 0 Å². The molecule has 0 heterocycles. The molecule has 242 valence electrons. The zero-order chi connectivity index (χ0) is 33.1. The molecule has 0 radical (unpaired) electrons. The Morgan fingerprint density at radius 3 is 2.13 bits per heavy atom. The third kappa shape index (κ3) is 8.25. The van der Waals surface area contributed by atoms with Crippen LogP contribution in [0.5, 0.6) is 11.5 Å². The molecule has 0 saturated carbocycles. The third-order valence-electron chi connectivity index (χ3n) is 7.69. The number of sulfonamides is 1. The minimum Gasteiger partial charge on any atom is -0.497 e. The number of ether oxygens (including phenoxy) is 2. The summed E-state index contributed by atoms with van der Waals surface area (Å²) in [6.07, 6.45) is 0.955. The number of nitrogens with one attached hydrogen (secondary N) is 1. The van der Waals surface area contributed by atoms with Gasteiger partial charge in [0.15, 0.2) is 0 Å². The van der Waals surface area contributed by atoms with Crippen LogP contribution in [0.1, 0.15) is 30.0 Å². The number of aryl methyl sites for hydroxylation is 1. The third-order valence-corrected chi connectivity index (χ3v) is 9.46. The topological polar surface area (TPSA) is 105 Å². The Kier molecular flexibility index (Phi) is 11.8. The molecule has 4 aromatic rings. The lowest BCUT2D eigenvalue weighted by molar-refractivity contribution is -0.140. The highest BCUT2D eigenvalue weighted by atomic mass is 32.2. The maximum atomic E-state index is 14.7. The molecule has 1 atom stereocenters. The largest absolute Gasteiger partial charge is 0.497 e. The number of methoxy groups -OCH3 is 2. The quantitative estimate of drug-likeness (QED) is 0.187. The summed E-state index contributed by atoms with van der Waals surface area (Å²) in [5, 5.41) is 2.96. The number of amides is 2. The van der Waals surface area contributed by atoms with Gasteiger partial charge in [-0.05, 0) is 54.3 Å². The molecule has 0 bridgehead atoms. The Bertz CT molecular complexity index is 1710. The van der Waals surface area contributed by atoms with Crippen LogP contribution in [-0.4, -0.2) is 58.5 Å². The Hall–Kier alpha value is -4.83. The molecule has 0 aliphatic rings. The molecular formula is C36H41N3O6S. The number of carbonyl (C=O) groups excluding carboxylic acids is 2. The molecule has 0 spiro atoms. The van der Waals surface area contributed by atoms with Crippen molar-refractivity contribution in [3.8, 4) is 11.5 Å². The first kappa shape index (κ1) is 34.1. The number of anilines is 1. The van der Waals surface area contributed by atoms with Crippen molar-refractivity contribution >= 4 is 27.5 Å². The number of hydrogen-bond acceptors (Lipinski definition) is 6. The molecule has 0 unspecified atom stereocenters. The Labute approximate surface area is 271 Å². The van der Waals surface area contributed by atoms with Gasteiger partial charge >= 0.3 is 0 Å². The van der Waals surface area contributed by atoms with Gasteiger partial charge in [-0.1, -0.05) is 79.7 Å². The lowest BCUT2D eigenvalue weighted by Gasteiger charge is -2.34. The van der Waals surface area contributed by atoms with Crippen LogP contribution in [0.15, 0.2) is 108 Å². The summed E-state index contributed by atoms with van der Waals surface area (Å²) in [4.78, 5) is 30.0. The molecule has 0 fully saturated rings. The van der Waals surface area contributed by atoms with E-state index in [9.17, 15) is 18.0 Å². The molecule has 46 heavy (non-hydrogen) atoms. The summed E-state index contributed by atoms with van der Waals surface area (Å²) >= 11 is 0. The zero-order valence-corrected chi connectivity index (χ0v) is 27.5. The molecule has 10 heteroatoms. The van der Waals surface area contributed by atoms with Crippen LogP contribution in [0.4, 0.5) is 5.69 Å². The van der Waals surface area contributed by atoms with Gasteiger partial charge < -0.3 is 19.7 Å². The maximum absolute atomic E-state index is 14.7. The van der Waals surface area contributed by atoms with Crippen LogP contribution in [-0.2, 0) is 32.6 Å². The lowest BCUT2D eigenvalue weighted by atomic mass is 10.0. The van der Waals surface area contributed by atoms with Crippen molar-refractivity contribution in [1.82, 2.24) is 10.2 Å². The number of nitrogens with zero attached hydrogens (tertiary/aromatic N) is 2. The predicted molar refractivity (Wildman–Crippen MR) is 179 cm³/mol. The molecule has 4 rings (SSSR count). The number of rotatable bonds is 15. The summed E-state index contributed by atoms with van der Waals surface area (Å²) in [6, 6.07) is 28.8. The van der Waals surface area contributed by atoms with Crippen molar-refractivity contribution in [3.05, 3.63) is 120 Å². The smallest absolute Gasteiger partial charge is 0.264 e. The SMILES string of the molecule is CCCNC(=O)[C@H](Cc1ccccc1)N(Cc1ccccc1C)C(=O)CN(c1cc(OC)ccc1OC)S(=O)(=O)c1ccccc1. The first-order valence-electron chi connectivity index (χ1n) is 15.1. The highest BCUT2D eigenvalue weighted by Gasteiger charge is 2.35. The number of hydrogen-bond donors (Lipinski definition) is 1. The fourth-order valence-electron chi connectivity index (χ4n) is 5.12. The first-order chi connectivity index (χ1) is 22.2. The van der Waals surface area contributed by atoms with E-state index in [1.807, 2.05) is 68.4 Å². The summed E-state index contributed by atoms with van der Waals surface area (Å²) in [6.45, 7) is 3.83. The van der Waals surface area contributed by atoms with Gasteiger partial charge in [-0.3, -0.25) is 13.9 Å². The van der Waals surface area contributed by atoms with Crippen LogP contribution in [0, 0.1) is 6.92 Å². The van der Waals surface area contributed by atoms with Crippen LogP contribution < -0.4 is 19.1 Å². The summed E-state index contributed by atoms with van der Waals surface area (Å²) in [7, 11) is -1.39. The van der Waals surface area contributed by atoms with E-state index in [0.29, 0.717) is 18.7 Å². The van der Waals surface area contributed by atoms with Crippen molar-refractivity contribution < 1.29 is 27.5 Å². The molecule has 4 aromatic carbocycles. The summed E-state index contributed by atoms with van der Waals surface area (Å²) in [5.41, 5.74) is 2.78. The van der Waals surface area contributed by atoms with Crippen LogP contribution in [0.2, 0.25) is 0 Å². The second-order valence-corrected chi connectivity index (χ2v) is 12.7. The van der Waals surface area contributed by atoms with E-state index in [0.717, 1.165) is 21.0 Å². The second kappa shape index (κ2) is 15.9. The second-order valence-electron chi connectivity index (χ2n) is 10.8. The van der Waals surface area contributed by atoms with Gasteiger partial charge in [-0.15, -0.1) is 0 Å². The summed E-state index contributed by atoms with van der Waals surface area (Å²) < 4.78 is 40.6. The van der Waals surface area contributed by atoms with Crippen LogP contribution in [0.3, 0.4) is 0 Å². The van der Waals surface area contributed by atoms with Crippen molar-refractivity contribution in [2.45, 2.75) is 44.2 Å². The molecule has 1 N–H and O–H groups in total. The fraction of sp³-hybridized carbons (Fsp3) is 0.278. The van der Waals surface area contributed by atoms with E-state index < -0.39 is 28.5 Å². The highest BCUT2D eigenvalue weighted by Crippen LogP contribution is 2.36. The zero-order valence-electron chi connectivity index (χ0n) is 26.7. The Morgan fingerprint density at radius 2 is 1.50 bits per heavy atom. The Balaban J connectivity index is 1.86. The number of benzene rings is 4. The van der Waals surface area contributed by atoms with E-state index in [2.05, 4.69) is 5.32 Å². The molecule has 0 aliphatic carbocycles. The van der Waals surface area contributed by atoms with E-state index >= 15 is 0 Å². The number of carbonyl (C=O) groups is 2. The Morgan fingerprint density at radius 1 is 0.848 bits per heavy atom. The fourth-order valence-corrected chi connectivity index (χ4v) is 6.55. The van der Waals surface area contributed by atoms with Gasteiger partial charge in [0.1, 0.15) is 24.1 Å². The van der Waals surface area contributed by atoms with Gasteiger partial charge in [0.25, 0.3) is 10.0 Å². The summed E-state index contributed by atoms with van der Waals surface area (Å²) in [5.74, 6) is -0.251. The molecule has 0 aliphatic heterocycles. The maximum Gasteiger partial charge on any atom is 0.264 e. The van der Waals surface area contributed by atoms with Gasteiger partial charge in [0.2, 0.25) is 11.8 Å². The standard InChI is InChI=1S/C36H41N3O6S/c1-5-22-37-36(41)33(23-28-15-8-6-9-16-28)38(25-29-17-13-12-14-27(29)2)35(40)26-39(46(42,43)31-18-10-7-11-19-31)32-24-30(44-3)20-21-34(32)45-4/h6-21,24,33H,5,22-23,25-26H2,1-4H3,(H,37,41)/t33-/m0/s1. The van der Waals surface area contributed by atoms with E-state index in [-0.39, 0.29) is 35.2 Å². The molecule has 9 nitrogen and oxygen atoms in total. The first-order valence-corrected chi connectivity index (χ1v) is 16.6. The van der Waals surface area contributed by atoms with Gasteiger partial charge in [-0.25, -0.2) is 8.42 Å². The lowest BCUT2D eigenvalue weighted by Crippen LogP contribution is -2.53. The normalized spacial score (nSPS) is 11.7. The molecular weight excluding hydrogens is 602 g/mol. The predicted octanol–water partition coefficient (Wildman–Crippen LogP) is 5.37. The molecule has 2 amide bonds. The molecule has 0 aromatic heterocycles. The van der Waals surface area contributed by atoms with Crippen molar-refractivity contribution in [2.24, 2.45) is 0 Å². The monoisotopic (exact) mass is 643 g/mol. The minimum absolute atomic E-state index is 0.000323. The van der Waals surface area contributed by atoms with Crippen LogP contribution >= 0.6 is 0 Å². The highest BCUT2D eigenvalue weighted by molar-refractivity contribution is 7.92. The van der Waals surface area contributed by atoms with Gasteiger partial charge in [-0.2, -0.15) is 0 Å². The average Bonchev–Trinajstić information content (AvgIpc) is 3.08. The van der Waals surface area contributed by atoms with Crippen LogP contribution in [0.25, 0.3) is 0 Å². The van der Waals surface area contributed by atoms with E-state index in [1.54, 1.807) is 30.3 Å². The van der Waals surface area contributed by atoms with Gasteiger partial charge in [0, 0.05) is 25.6 Å². The van der Waals surface area contributed by atoms with Crippen molar-refractivity contribution in [1.29, 1.82) is 0 Å². The van der Waals surface area contributed by atoms with Gasteiger partial charge in [0.05, 0.1) is 24.8 Å². The minimum atomic E-state index is -4.29.